The summed E-state index contributed by atoms with van der Waals surface area (Å²) in [6.45, 7) is 6.77. The monoisotopic (exact) mass is 319 g/mol. The average Bonchev–Trinajstić information content (AvgIpc) is 3.03. The van der Waals surface area contributed by atoms with Crippen molar-refractivity contribution in [2.75, 3.05) is 5.32 Å². The molecule has 1 aliphatic heterocycles. The predicted octanol–water partition coefficient (Wildman–Crippen LogP) is 6.23. The minimum atomic E-state index is 0.193. The molecule has 1 aromatic heterocycles. The first-order valence-electron chi connectivity index (χ1n) is 8.08. The number of benzene rings is 2. The fraction of sp³-hybridized carbons (Fsp3) is 0.238. The van der Waals surface area contributed by atoms with E-state index in [2.05, 4.69) is 86.1 Å². The zero-order valence-corrected chi connectivity index (χ0v) is 14.6. The summed E-state index contributed by atoms with van der Waals surface area (Å²) in [5.74, 6) is 0. The first kappa shape index (κ1) is 14.5. The third-order valence-corrected chi connectivity index (χ3v) is 5.55. The maximum absolute atomic E-state index is 3.72. The van der Waals surface area contributed by atoms with Crippen LogP contribution >= 0.6 is 11.3 Å². The van der Waals surface area contributed by atoms with Gasteiger partial charge in [0.1, 0.15) is 0 Å². The van der Waals surface area contributed by atoms with Gasteiger partial charge in [-0.1, -0.05) is 63.2 Å². The third-order valence-electron chi connectivity index (χ3n) is 4.59. The van der Waals surface area contributed by atoms with Gasteiger partial charge in [-0.05, 0) is 39.6 Å². The summed E-state index contributed by atoms with van der Waals surface area (Å²) in [6, 6.07) is 20.2. The molecule has 116 valence electrons. The fourth-order valence-corrected chi connectivity index (χ4v) is 4.22. The molecule has 0 bridgehead atoms. The molecule has 0 fully saturated rings. The smallest absolute Gasteiger partial charge is 0.0781 e. The van der Waals surface area contributed by atoms with Gasteiger partial charge >= 0.3 is 0 Å². The Bertz CT molecular complexity index is 837. The second-order valence-electron chi connectivity index (χ2n) is 7.20. The lowest BCUT2D eigenvalue weighted by molar-refractivity contribution is 0.590. The van der Waals surface area contributed by atoms with Crippen LogP contribution in [0.3, 0.4) is 0 Å². The summed E-state index contributed by atoms with van der Waals surface area (Å²) in [4.78, 5) is 1.39. The number of rotatable bonds is 1. The van der Waals surface area contributed by atoms with Crippen molar-refractivity contribution < 1.29 is 0 Å². The Morgan fingerprint density at radius 1 is 0.913 bits per heavy atom. The van der Waals surface area contributed by atoms with Crippen LogP contribution in [0, 0.1) is 0 Å². The molecule has 0 amide bonds. The number of hydrogen-bond acceptors (Lipinski definition) is 2. The highest BCUT2D eigenvalue weighted by molar-refractivity contribution is 7.13. The van der Waals surface area contributed by atoms with E-state index in [9.17, 15) is 0 Å². The minimum Gasteiger partial charge on any atom is -0.374 e. The Morgan fingerprint density at radius 3 is 2.39 bits per heavy atom. The second-order valence-corrected chi connectivity index (χ2v) is 8.12. The van der Waals surface area contributed by atoms with E-state index in [4.69, 9.17) is 0 Å². The molecule has 1 atom stereocenters. The standard InChI is InChI=1S/C21H21NS/c1-21(2,3)15-10-8-14(9-11-15)19-17-12-13-23-20(17)16-6-4-5-7-18(16)22-19/h4-13,19,22H,1-3H3. The highest BCUT2D eigenvalue weighted by atomic mass is 32.1. The van der Waals surface area contributed by atoms with Crippen LogP contribution in [0.1, 0.15) is 43.5 Å². The van der Waals surface area contributed by atoms with Crippen molar-refractivity contribution in [3.63, 3.8) is 0 Å². The van der Waals surface area contributed by atoms with Crippen LogP contribution < -0.4 is 5.32 Å². The van der Waals surface area contributed by atoms with Crippen LogP contribution in [-0.2, 0) is 5.41 Å². The van der Waals surface area contributed by atoms with E-state index in [0.717, 1.165) is 0 Å². The number of fused-ring (bicyclic) bond motifs is 3. The van der Waals surface area contributed by atoms with Gasteiger partial charge in [-0.25, -0.2) is 0 Å². The van der Waals surface area contributed by atoms with Crippen molar-refractivity contribution in [1.29, 1.82) is 0 Å². The molecule has 1 aliphatic rings. The number of anilines is 1. The van der Waals surface area contributed by atoms with Crippen molar-refractivity contribution in [1.82, 2.24) is 0 Å². The van der Waals surface area contributed by atoms with Crippen molar-refractivity contribution >= 4 is 17.0 Å². The molecule has 23 heavy (non-hydrogen) atoms. The zero-order chi connectivity index (χ0) is 16.0. The Morgan fingerprint density at radius 2 is 1.65 bits per heavy atom. The molecule has 1 N–H and O–H groups in total. The summed E-state index contributed by atoms with van der Waals surface area (Å²) in [6.07, 6.45) is 0. The van der Waals surface area contributed by atoms with Gasteiger partial charge in [0.2, 0.25) is 0 Å². The lowest BCUT2D eigenvalue weighted by Crippen LogP contribution is -2.17. The largest absolute Gasteiger partial charge is 0.374 e. The number of thiophene rings is 1. The molecule has 0 saturated heterocycles. The van der Waals surface area contributed by atoms with Crippen LogP contribution in [0.15, 0.2) is 60.0 Å². The molecule has 0 spiro atoms. The molecule has 2 heterocycles. The van der Waals surface area contributed by atoms with Gasteiger partial charge in [0.25, 0.3) is 0 Å². The molecule has 2 heteroatoms. The second kappa shape index (κ2) is 5.24. The summed E-state index contributed by atoms with van der Waals surface area (Å²) in [5, 5.41) is 5.92. The topological polar surface area (TPSA) is 12.0 Å². The summed E-state index contributed by atoms with van der Waals surface area (Å²) >= 11 is 1.83. The Labute approximate surface area is 142 Å². The fourth-order valence-electron chi connectivity index (χ4n) is 3.24. The lowest BCUT2D eigenvalue weighted by atomic mass is 9.85. The van der Waals surface area contributed by atoms with Crippen LogP contribution in [0.4, 0.5) is 5.69 Å². The molecule has 0 saturated carbocycles. The predicted molar refractivity (Wildman–Crippen MR) is 100 cm³/mol. The van der Waals surface area contributed by atoms with Crippen LogP contribution in [0.25, 0.3) is 10.4 Å². The number of nitrogens with one attached hydrogen (secondary N) is 1. The van der Waals surface area contributed by atoms with Crippen molar-refractivity contribution in [3.05, 3.63) is 76.7 Å². The maximum Gasteiger partial charge on any atom is 0.0781 e. The molecule has 1 unspecified atom stereocenters. The van der Waals surface area contributed by atoms with Crippen molar-refractivity contribution in [2.45, 2.75) is 32.2 Å². The van der Waals surface area contributed by atoms with Gasteiger partial charge in [0, 0.05) is 16.1 Å². The van der Waals surface area contributed by atoms with E-state index in [0.29, 0.717) is 0 Å². The van der Waals surface area contributed by atoms with E-state index in [-0.39, 0.29) is 11.5 Å². The van der Waals surface area contributed by atoms with Crippen LogP contribution in [0.2, 0.25) is 0 Å². The first-order valence-corrected chi connectivity index (χ1v) is 8.96. The SMILES string of the molecule is CC(C)(C)c1ccc(C2Nc3ccccc3-c3sccc32)cc1. The normalized spacial score (nSPS) is 16.4. The van der Waals surface area contributed by atoms with Gasteiger partial charge in [-0.15, -0.1) is 11.3 Å². The Hall–Kier alpha value is -2.06. The zero-order valence-electron chi connectivity index (χ0n) is 13.8. The summed E-state index contributed by atoms with van der Waals surface area (Å²) in [7, 11) is 0. The Balaban J connectivity index is 1.77. The van der Waals surface area contributed by atoms with Gasteiger partial charge in [0.15, 0.2) is 0 Å². The lowest BCUT2D eigenvalue weighted by Gasteiger charge is -2.28. The first-order chi connectivity index (χ1) is 11.0. The number of para-hydroxylation sites is 1. The third kappa shape index (κ3) is 2.47. The van der Waals surface area contributed by atoms with Gasteiger partial charge in [0.05, 0.1) is 6.04 Å². The van der Waals surface area contributed by atoms with Crippen LogP contribution in [-0.4, -0.2) is 0 Å². The number of hydrogen-bond donors (Lipinski definition) is 1. The molecule has 0 aliphatic carbocycles. The molecule has 0 radical (unpaired) electrons. The molecule has 2 aromatic carbocycles. The molecule has 3 aromatic rings. The quantitative estimate of drug-likeness (QED) is 0.561. The van der Waals surface area contributed by atoms with Gasteiger partial charge < -0.3 is 5.32 Å². The molecule has 4 rings (SSSR count). The molecular formula is C21H21NS. The van der Waals surface area contributed by atoms with Gasteiger partial charge in [-0.2, -0.15) is 0 Å². The van der Waals surface area contributed by atoms with Crippen molar-refractivity contribution in [2.24, 2.45) is 0 Å². The van der Waals surface area contributed by atoms with Crippen molar-refractivity contribution in [3.8, 4) is 10.4 Å². The average molecular weight is 319 g/mol. The van der Waals surface area contributed by atoms with Crippen LogP contribution in [0.5, 0.6) is 0 Å². The van der Waals surface area contributed by atoms with E-state index in [1.54, 1.807) is 0 Å². The van der Waals surface area contributed by atoms with E-state index in [1.807, 2.05) is 11.3 Å². The molecular weight excluding hydrogens is 298 g/mol. The van der Waals surface area contributed by atoms with E-state index in [1.165, 1.54) is 32.8 Å². The van der Waals surface area contributed by atoms with E-state index < -0.39 is 0 Å². The Kier molecular flexibility index (Phi) is 3.31. The highest BCUT2D eigenvalue weighted by Crippen LogP contribution is 2.45. The summed E-state index contributed by atoms with van der Waals surface area (Å²) < 4.78 is 0. The van der Waals surface area contributed by atoms with E-state index >= 15 is 0 Å². The summed E-state index contributed by atoms with van der Waals surface area (Å²) in [5.41, 5.74) is 6.83. The maximum atomic E-state index is 3.72. The highest BCUT2D eigenvalue weighted by Gasteiger charge is 2.26. The molecule has 1 nitrogen and oxygen atoms in total. The van der Waals surface area contributed by atoms with Gasteiger partial charge in [-0.3, -0.25) is 0 Å². The minimum absolute atomic E-state index is 0.193.